The number of Topliss-reactive ketones (excluding diaryl/α,β-unsaturated/α-hetero) is 2. The van der Waals surface area contributed by atoms with Crippen LogP contribution in [0.25, 0.3) is 0 Å². The number of urea groups is 1. The van der Waals surface area contributed by atoms with Gasteiger partial charge in [-0.15, -0.1) is 0 Å². The van der Waals surface area contributed by atoms with Crippen molar-refractivity contribution in [1.82, 2.24) is 20.9 Å². The molecule has 11 nitrogen and oxygen atoms in total. The highest BCUT2D eigenvalue weighted by atomic mass is 16.2. The van der Waals surface area contributed by atoms with Gasteiger partial charge in [0.25, 0.3) is 5.91 Å². The minimum Gasteiger partial charge on any atom is -0.363 e. The summed E-state index contributed by atoms with van der Waals surface area (Å²) in [6.45, 7) is 16.9. The molecule has 5 unspecified atom stereocenters. The van der Waals surface area contributed by atoms with E-state index >= 15 is 0 Å². The molecular weight excluding hydrogens is 562 g/mol. The number of hydrogen-bond acceptors (Lipinski definition) is 6. The van der Waals surface area contributed by atoms with E-state index in [9.17, 15) is 28.8 Å². The number of nitrogens with zero attached hydrogens (tertiary/aromatic N) is 1. The molecule has 0 aromatic heterocycles. The molecule has 11 heteroatoms. The highest BCUT2D eigenvalue weighted by molar-refractivity contribution is 6.37. The number of benzene rings is 1. The van der Waals surface area contributed by atoms with Crippen molar-refractivity contribution in [3.8, 4) is 0 Å². The first-order chi connectivity index (χ1) is 20.3. The smallest absolute Gasteiger partial charge is 0.315 e. The van der Waals surface area contributed by atoms with Crippen LogP contribution in [0.5, 0.6) is 0 Å². The molecule has 1 fully saturated rings. The highest BCUT2D eigenvalue weighted by Crippen LogP contribution is 2.36. The first kappa shape index (κ1) is 36.4. The number of rotatable bonds is 13. The van der Waals surface area contributed by atoms with Crippen molar-refractivity contribution in [2.75, 3.05) is 6.54 Å². The molecule has 5 N–H and O–H groups in total. The summed E-state index contributed by atoms with van der Waals surface area (Å²) >= 11 is 0. The Hall–Kier alpha value is -3.76. The van der Waals surface area contributed by atoms with Crippen molar-refractivity contribution in [1.29, 1.82) is 0 Å². The Labute approximate surface area is 261 Å². The number of ketones is 2. The van der Waals surface area contributed by atoms with E-state index in [1.165, 1.54) is 11.8 Å². The first-order valence-corrected chi connectivity index (χ1v) is 15.4. The van der Waals surface area contributed by atoms with Gasteiger partial charge in [-0.25, -0.2) is 4.79 Å². The van der Waals surface area contributed by atoms with E-state index < -0.39 is 59.1 Å². The zero-order valence-electron chi connectivity index (χ0n) is 27.6. The van der Waals surface area contributed by atoms with Crippen LogP contribution in [-0.2, 0) is 30.4 Å². The van der Waals surface area contributed by atoms with Crippen LogP contribution in [0.15, 0.2) is 30.3 Å². The maximum Gasteiger partial charge on any atom is 0.315 e. The van der Waals surface area contributed by atoms with Crippen molar-refractivity contribution >= 4 is 35.3 Å². The van der Waals surface area contributed by atoms with Gasteiger partial charge < -0.3 is 26.6 Å². The normalized spacial score (nSPS) is 20.5. The molecule has 0 spiro atoms. The molecule has 0 saturated carbocycles. The van der Waals surface area contributed by atoms with Crippen molar-refractivity contribution in [2.24, 2.45) is 34.8 Å². The van der Waals surface area contributed by atoms with E-state index in [0.717, 1.165) is 5.56 Å². The number of nitrogens with one attached hydrogen (secondary N) is 3. The Morgan fingerprint density at radius 1 is 0.932 bits per heavy atom. The van der Waals surface area contributed by atoms with Crippen molar-refractivity contribution in [3.63, 3.8) is 0 Å². The SMILES string of the molecule is CC(NC(=O)[C@@H]1C(C)C(C(C)C)CN1C(=O)C(NC(=O)NC(CC(=O)Cc1ccccc1)C(C)C)C(C)(C)C)C(=O)C(N)=O. The van der Waals surface area contributed by atoms with Gasteiger partial charge >= 0.3 is 6.03 Å². The molecular formula is C33H51N5O6. The third kappa shape index (κ3) is 9.62. The predicted molar refractivity (Wildman–Crippen MR) is 168 cm³/mol. The van der Waals surface area contributed by atoms with E-state index in [1.54, 1.807) is 0 Å². The van der Waals surface area contributed by atoms with Crippen molar-refractivity contribution < 1.29 is 28.8 Å². The molecule has 1 saturated heterocycles. The lowest BCUT2D eigenvalue weighted by atomic mass is 9.84. The van der Waals surface area contributed by atoms with E-state index in [4.69, 9.17) is 5.73 Å². The third-order valence-corrected chi connectivity index (χ3v) is 8.52. The lowest BCUT2D eigenvalue weighted by molar-refractivity contribution is -0.144. The van der Waals surface area contributed by atoms with E-state index in [2.05, 4.69) is 16.0 Å². The van der Waals surface area contributed by atoms with Crippen molar-refractivity contribution in [2.45, 2.75) is 99.3 Å². The monoisotopic (exact) mass is 613 g/mol. The average Bonchev–Trinajstić information content (AvgIpc) is 3.27. The van der Waals surface area contributed by atoms with Crippen LogP contribution in [0.2, 0.25) is 0 Å². The van der Waals surface area contributed by atoms with Gasteiger partial charge in [0.15, 0.2) is 0 Å². The molecule has 1 aliphatic heterocycles. The highest BCUT2D eigenvalue weighted by Gasteiger charge is 2.49. The quantitative estimate of drug-likeness (QED) is 0.250. The van der Waals surface area contributed by atoms with Crippen LogP contribution < -0.4 is 21.7 Å². The fourth-order valence-electron chi connectivity index (χ4n) is 5.78. The fourth-order valence-corrected chi connectivity index (χ4v) is 5.78. The van der Waals surface area contributed by atoms with Crippen molar-refractivity contribution in [3.05, 3.63) is 35.9 Å². The number of carbonyl (C=O) groups is 6. The molecule has 2 rings (SSSR count). The standard InChI is InChI=1S/C33H51N5O6/c1-18(2)24-17-38(26(20(24)5)30(42)35-21(6)27(40)29(34)41)31(43)28(33(7,8)9)37-32(44)36-25(19(3)4)16-23(39)15-22-13-11-10-12-14-22/h10-14,18-21,24-26,28H,15-17H2,1-9H3,(H2,34,41)(H,35,42)(H2,36,37,44)/t20?,21?,24?,25?,26-,28?/m0/s1. The van der Waals surface area contributed by atoms with Gasteiger partial charge in [-0.1, -0.05) is 85.7 Å². The Kier molecular flexibility index (Phi) is 12.7. The topological polar surface area (TPSA) is 168 Å². The molecule has 0 radical (unpaired) electrons. The summed E-state index contributed by atoms with van der Waals surface area (Å²) in [6.07, 6.45) is 0.395. The molecule has 1 aromatic carbocycles. The number of carbonyl (C=O) groups excluding carboxylic acids is 6. The molecule has 6 atom stereocenters. The summed E-state index contributed by atoms with van der Waals surface area (Å²) in [6, 6.07) is 5.28. The molecule has 1 heterocycles. The summed E-state index contributed by atoms with van der Waals surface area (Å²) in [5, 5.41) is 8.29. The molecule has 5 amide bonds. The molecule has 1 aliphatic rings. The molecule has 244 valence electrons. The second-order valence-corrected chi connectivity index (χ2v) is 13.8. The van der Waals surface area contributed by atoms with Crippen LogP contribution in [0.1, 0.15) is 74.3 Å². The summed E-state index contributed by atoms with van der Waals surface area (Å²) in [5.41, 5.74) is 5.27. The van der Waals surface area contributed by atoms with E-state index in [0.29, 0.717) is 0 Å². The van der Waals surface area contributed by atoms with Crippen LogP contribution >= 0.6 is 0 Å². The second-order valence-electron chi connectivity index (χ2n) is 13.8. The predicted octanol–water partition coefficient (Wildman–Crippen LogP) is 2.61. The summed E-state index contributed by atoms with van der Waals surface area (Å²) < 4.78 is 0. The van der Waals surface area contributed by atoms with Gasteiger partial charge in [0.2, 0.25) is 17.6 Å². The average molecular weight is 614 g/mol. The Morgan fingerprint density at radius 2 is 1.52 bits per heavy atom. The molecule has 0 bridgehead atoms. The molecule has 44 heavy (non-hydrogen) atoms. The van der Waals surface area contributed by atoms with Gasteiger partial charge in [-0.3, -0.25) is 24.0 Å². The lowest BCUT2D eigenvalue weighted by Gasteiger charge is -2.36. The minimum absolute atomic E-state index is 0.0117. The zero-order valence-corrected chi connectivity index (χ0v) is 27.6. The van der Waals surface area contributed by atoms with Crippen LogP contribution in [0.4, 0.5) is 4.79 Å². The Bertz CT molecular complexity index is 1210. The number of likely N-dealkylation sites (tertiary alicyclic amines) is 1. The lowest BCUT2D eigenvalue weighted by Crippen LogP contribution is -2.61. The summed E-state index contributed by atoms with van der Waals surface area (Å²) in [5.74, 6) is -3.28. The Balaban J connectivity index is 2.26. The fraction of sp³-hybridized carbons (Fsp3) is 0.636. The third-order valence-electron chi connectivity index (χ3n) is 8.52. The largest absolute Gasteiger partial charge is 0.363 e. The van der Waals surface area contributed by atoms with E-state index in [-0.39, 0.29) is 48.8 Å². The molecule has 0 aliphatic carbocycles. The van der Waals surface area contributed by atoms with Crippen LogP contribution in [-0.4, -0.2) is 70.9 Å². The van der Waals surface area contributed by atoms with Gasteiger partial charge in [0, 0.05) is 25.4 Å². The van der Waals surface area contributed by atoms with Gasteiger partial charge in [-0.05, 0) is 41.6 Å². The van der Waals surface area contributed by atoms with Gasteiger partial charge in [0.1, 0.15) is 17.9 Å². The summed E-state index contributed by atoms with van der Waals surface area (Å²) in [7, 11) is 0. The maximum absolute atomic E-state index is 14.2. The van der Waals surface area contributed by atoms with Gasteiger partial charge in [0.05, 0.1) is 6.04 Å². The minimum atomic E-state index is -1.16. The van der Waals surface area contributed by atoms with Gasteiger partial charge in [-0.2, -0.15) is 0 Å². The van der Waals surface area contributed by atoms with Crippen LogP contribution in [0, 0.1) is 29.1 Å². The second kappa shape index (κ2) is 15.3. The maximum atomic E-state index is 14.2. The number of nitrogens with two attached hydrogens (primary N) is 1. The Morgan fingerprint density at radius 3 is 2.02 bits per heavy atom. The number of hydrogen-bond donors (Lipinski definition) is 4. The zero-order chi connectivity index (χ0) is 33.5. The number of amides is 5. The molecule has 1 aromatic rings. The van der Waals surface area contributed by atoms with E-state index in [1.807, 2.05) is 85.7 Å². The number of primary amides is 1. The van der Waals surface area contributed by atoms with Crippen LogP contribution in [0.3, 0.4) is 0 Å². The first-order valence-electron chi connectivity index (χ1n) is 15.4. The summed E-state index contributed by atoms with van der Waals surface area (Å²) in [4.78, 5) is 78.8.